The van der Waals surface area contributed by atoms with Gasteiger partial charge in [-0.3, -0.25) is 0 Å². The third kappa shape index (κ3) is 4.63. The third-order valence-electron chi connectivity index (χ3n) is 3.14. The molecule has 0 amide bonds. The van der Waals surface area contributed by atoms with Crippen molar-refractivity contribution in [3.63, 3.8) is 0 Å². The van der Waals surface area contributed by atoms with Gasteiger partial charge in [-0.15, -0.1) is 0 Å². The summed E-state index contributed by atoms with van der Waals surface area (Å²) in [6.07, 6.45) is -0.116. The monoisotopic (exact) mass is 319 g/mol. The summed E-state index contributed by atoms with van der Waals surface area (Å²) in [4.78, 5) is 0. The van der Waals surface area contributed by atoms with Gasteiger partial charge in [-0.2, -0.15) is 0 Å². The van der Waals surface area contributed by atoms with E-state index in [0.29, 0.717) is 23.7 Å². The van der Waals surface area contributed by atoms with Gasteiger partial charge in [-0.05, 0) is 18.6 Å². The molecule has 1 heterocycles. The number of hydrogen-bond donors (Lipinski definition) is 2. The molecule has 0 radical (unpaired) electrons. The first-order valence-corrected chi connectivity index (χ1v) is 8.65. The topological polar surface area (TPSA) is 75.6 Å². The molecule has 1 saturated heterocycles. The van der Waals surface area contributed by atoms with E-state index in [1.165, 1.54) is 0 Å². The molecule has 0 aliphatic carbocycles. The lowest BCUT2D eigenvalue weighted by atomic mass is 10.2. The lowest BCUT2D eigenvalue weighted by Crippen LogP contribution is -2.38. The highest BCUT2D eigenvalue weighted by Crippen LogP contribution is 2.23. The predicted molar refractivity (Wildman–Crippen MR) is 78.0 cm³/mol. The normalized spacial score (nSPS) is 22.6. The van der Waals surface area contributed by atoms with Gasteiger partial charge < -0.3 is 15.2 Å². The van der Waals surface area contributed by atoms with Crippen LogP contribution in [0.3, 0.4) is 0 Å². The highest BCUT2D eigenvalue weighted by molar-refractivity contribution is 7.91. The number of aliphatic hydroxyl groups excluding tert-OH is 1. The number of ether oxygens (including phenoxy) is 1. The van der Waals surface area contributed by atoms with Gasteiger partial charge in [0, 0.05) is 12.6 Å². The van der Waals surface area contributed by atoms with E-state index in [-0.39, 0.29) is 24.2 Å². The lowest BCUT2D eigenvalue weighted by Gasteiger charge is -2.16. The van der Waals surface area contributed by atoms with Crippen LogP contribution in [0.15, 0.2) is 24.3 Å². The Morgan fingerprint density at radius 2 is 2.20 bits per heavy atom. The molecule has 1 aliphatic heterocycles. The lowest BCUT2D eigenvalue weighted by molar-refractivity contribution is 0.104. The van der Waals surface area contributed by atoms with Gasteiger partial charge in [0.05, 0.1) is 16.5 Å². The zero-order chi connectivity index (χ0) is 14.6. The summed E-state index contributed by atoms with van der Waals surface area (Å²) in [7, 11) is -2.90. The van der Waals surface area contributed by atoms with Gasteiger partial charge in [0.1, 0.15) is 18.5 Å². The molecule has 7 heteroatoms. The smallest absolute Gasteiger partial charge is 0.151 e. The molecule has 1 aromatic rings. The van der Waals surface area contributed by atoms with Crippen molar-refractivity contribution in [3.05, 3.63) is 29.3 Å². The van der Waals surface area contributed by atoms with E-state index in [0.717, 1.165) is 0 Å². The molecule has 1 aromatic carbocycles. The fourth-order valence-corrected chi connectivity index (χ4v) is 3.96. The second-order valence-electron chi connectivity index (χ2n) is 4.90. The summed E-state index contributed by atoms with van der Waals surface area (Å²) in [5.74, 6) is 0.888. The maximum absolute atomic E-state index is 11.3. The molecule has 0 spiro atoms. The number of nitrogens with one attached hydrogen (secondary N) is 1. The van der Waals surface area contributed by atoms with E-state index in [1.807, 2.05) is 0 Å². The van der Waals surface area contributed by atoms with Gasteiger partial charge in [0.25, 0.3) is 0 Å². The first-order valence-electron chi connectivity index (χ1n) is 6.45. The number of aliphatic hydroxyl groups is 1. The van der Waals surface area contributed by atoms with Crippen LogP contribution >= 0.6 is 11.6 Å². The largest absolute Gasteiger partial charge is 0.489 e. The fraction of sp³-hybridized carbons (Fsp3) is 0.538. The number of rotatable bonds is 6. The summed E-state index contributed by atoms with van der Waals surface area (Å²) in [5.41, 5.74) is 0. The molecule has 2 atom stereocenters. The van der Waals surface area contributed by atoms with E-state index in [1.54, 1.807) is 24.3 Å². The van der Waals surface area contributed by atoms with Crippen LogP contribution in [0.25, 0.3) is 0 Å². The summed E-state index contributed by atoms with van der Waals surface area (Å²) >= 11 is 5.93. The van der Waals surface area contributed by atoms with E-state index in [4.69, 9.17) is 16.3 Å². The Morgan fingerprint density at radius 3 is 2.85 bits per heavy atom. The van der Waals surface area contributed by atoms with Gasteiger partial charge >= 0.3 is 0 Å². The molecular weight excluding hydrogens is 302 g/mol. The maximum Gasteiger partial charge on any atom is 0.151 e. The number of benzene rings is 1. The van der Waals surface area contributed by atoms with Crippen molar-refractivity contribution in [2.75, 3.05) is 24.7 Å². The first-order chi connectivity index (χ1) is 9.46. The van der Waals surface area contributed by atoms with Crippen molar-refractivity contribution in [1.29, 1.82) is 0 Å². The highest BCUT2D eigenvalue weighted by Gasteiger charge is 2.27. The minimum atomic E-state index is -2.90. The van der Waals surface area contributed by atoms with Crippen molar-refractivity contribution in [2.45, 2.75) is 18.6 Å². The summed E-state index contributed by atoms with van der Waals surface area (Å²) < 4.78 is 28.0. The Hall–Kier alpha value is -0.820. The van der Waals surface area contributed by atoms with Crippen molar-refractivity contribution < 1.29 is 18.3 Å². The molecule has 5 nitrogen and oxygen atoms in total. The van der Waals surface area contributed by atoms with Gasteiger partial charge in [0.15, 0.2) is 9.84 Å². The minimum Gasteiger partial charge on any atom is -0.489 e. The fourth-order valence-electron chi connectivity index (χ4n) is 2.07. The first kappa shape index (κ1) is 15.6. The molecular formula is C13H18ClNO4S. The van der Waals surface area contributed by atoms with Crippen LogP contribution in [0.1, 0.15) is 6.42 Å². The van der Waals surface area contributed by atoms with Crippen LogP contribution in [-0.4, -0.2) is 50.3 Å². The average molecular weight is 320 g/mol. The SMILES string of the molecule is O=S1(=O)CCC(NCC(O)COc2ccccc2Cl)C1. The Bertz CT molecular complexity index is 549. The van der Waals surface area contributed by atoms with E-state index >= 15 is 0 Å². The van der Waals surface area contributed by atoms with E-state index in [2.05, 4.69) is 5.32 Å². The summed E-state index contributed by atoms with van der Waals surface area (Å²) in [6.45, 7) is 0.404. The van der Waals surface area contributed by atoms with Crippen LogP contribution < -0.4 is 10.1 Å². The zero-order valence-corrected chi connectivity index (χ0v) is 12.5. The van der Waals surface area contributed by atoms with Crippen LogP contribution in [0.4, 0.5) is 0 Å². The molecule has 1 fully saturated rings. The minimum absolute atomic E-state index is 0.0741. The summed E-state index contributed by atoms with van der Waals surface area (Å²) in [5, 5.41) is 13.4. The van der Waals surface area contributed by atoms with Crippen LogP contribution in [-0.2, 0) is 9.84 Å². The number of para-hydroxylation sites is 1. The van der Waals surface area contributed by atoms with E-state index in [9.17, 15) is 13.5 Å². The Kier molecular flexibility index (Phi) is 5.26. The maximum atomic E-state index is 11.3. The second-order valence-corrected chi connectivity index (χ2v) is 7.54. The molecule has 1 aliphatic rings. The molecule has 2 unspecified atom stereocenters. The average Bonchev–Trinajstić information content (AvgIpc) is 2.75. The Morgan fingerprint density at radius 1 is 1.45 bits per heavy atom. The zero-order valence-electron chi connectivity index (χ0n) is 11.0. The molecule has 0 bridgehead atoms. The molecule has 2 N–H and O–H groups in total. The predicted octanol–water partition coefficient (Wildman–Crippen LogP) is 0.856. The third-order valence-corrected chi connectivity index (χ3v) is 5.22. The van der Waals surface area contributed by atoms with Gasteiger partial charge in [-0.1, -0.05) is 23.7 Å². The van der Waals surface area contributed by atoms with Crippen LogP contribution in [0, 0.1) is 0 Å². The Balaban J connectivity index is 1.71. The van der Waals surface area contributed by atoms with Crippen LogP contribution in [0.2, 0.25) is 5.02 Å². The van der Waals surface area contributed by atoms with Gasteiger partial charge in [0.2, 0.25) is 0 Å². The second kappa shape index (κ2) is 6.76. The van der Waals surface area contributed by atoms with E-state index < -0.39 is 15.9 Å². The van der Waals surface area contributed by atoms with Crippen LogP contribution in [0.5, 0.6) is 5.75 Å². The molecule has 20 heavy (non-hydrogen) atoms. The number of sulfone groups is 1. The molecule has 0 saturated carbocycles. The van der Waals surface area contributed by atoms with Crippen molar-refractivity contribution in [1.82, 2.24) is 5.32 Å². The Labute approximate surface area is 123 Å². The molecule has 2 rings (SSSR count). The molecule has 0 aromatic heterocycles. The summed E-state index contributed by atoms with van der Waals surface area (Å²) in [6, 6.07) is 6.97. The standard InChI is InChI=1S/C13H18ClNO4S/c14-12-3-1-2-4-13(12)19-8-11(16)7-15-10-5-6-20(17,18)9-10/h1-4,10-11,15-16H,5-9H2. The highest BCUT2D eigenvalue weighted by atomic mass is 35.5. The number of hydrogen-bond acceptors (Lipinski definition) is 5. The van der Waals surface area contributed by atoms with Crippen molar-refractivity contribution in [3.8, 4) is 5.75 Å². The number of halogens is 1. The van der Waals surface area contributed by atoms with Crippen molar-refractivity contribution in [2.24, 2.45) is 0 Å². The molecule has 112 valence electrons. The van der Waals surface area contributed by atoms with Crippen molar-refractivity contribution >= 4 is 21.4 Å². The van der Waals surface area contributed by atoms with Gasteiger partial charge in [-0.25, -0.2) is 8.42 Å². The quantitative estimate of drug-likeness (QED) is 0.813.